The van der Waals surface area contributed by atoms with Crippen molar-refractivity contribution in [1.29, 1.82) is 0 Å². The van der Waals surface area contributed by atoms with Crippen LogP contribution in [0.2, 0.25) is 0 Å². The number of carbonyl (C=O) groups excluding carboxylic acids is 1. The van der Waals surface area contributed by atoms with E-state index >= 15 is 0 Å². The molecular weight excluding hydrogens is 336 g/mol. The summed E-state index contributed by atoms with van der Waals surface area (Å²) in [6.45, 7) is 7.59. The van der Waals surface area contributed by atoms with Gasteiger partial charge in [0.25, 0.3) is 0 Å². The molecule has 1 aliphatic heterocycles. The summed E-state index contributed by atoms with van der Waals surface area (Å²) in [5.41, 5.74) is 2.43. The van der Waals surface area contributed by atoms with Crippen LogP contribution in [0, 0.1) is 6.92 Å². The second-order valence-corrected chi connectivity index (χ2v) is 7.50. The van der Waals surface area contributed by atoms with E-state index < -0.39 is 0 Å². The van der Waals surface area contributed by atoms with E-state index in [1.54, 1.807) is 0 Å². The molecule has 5 heteroatoms. The number of piperidine rings is 1. The first kappa shape index (κ1) is 17.8. The Morgan fingerprint density at radius 3 is 3.00 bits per heavy atom. The Bertz CT molecular complexity index is 939. The molecule has 1 saturated heterocycles. The van der Waals surface area contributed by atoms with Gasteiger partial charge in [0.05, 0.1) is 0 Å². The fourth-order valence-electron chi connectivity index (χ4n) is 4.37. The number of fused-ring (bicyclic) bond motifs is 1. The average molecular weight is 364 g/mol. The normalized spacial score (nSPS) is 17.6. The van der Waals surface area contributed by atoms with Gasteiger partial charge in [-0.15, -0.1) is 0 Å². The van der Waals surface area contributed by atoms with E-state index in [1.165, 1.54) is 16.6 Å². The van der Waals surface area contributed by atoms with Crippen molar-refractivity contribution in [1.82, 2.24) is 19.0 Å². The molecule has 3 heterocycles. The molecule has 27 heavy (non-hydrogen) atoms. The maximum absolute atomic E-state index is 12.9. The van der Waals surface area contributed by atoms with E-state index in [4.69, 9.17) is 0 Å². The molecule has 4 rings (SSSR count). The number of amides is 1. The van der Waals surface area contributed by atoms with Crippen molar-refractivity contribution in [3.8, 4) is 0 Å². The summed E-state index contributed by atoms with van der Waals surface area (Å²) in [4.78, 5) is 19.5. The Morgan fingerprint density at radius 2 is 2.15 bits per heavy atom. The maximum Gasteiger partial charge on any atom is 0.224 e. The number of para-hydroxylation sites is 1. The Balaban J connectivity index is 1.43. The summed E-state index contributed by atoms with van der Waals surface area (Å²) in [6, 6.07) is 10.6. The SMILES string of the molecule is CCn1ccnc1[C@@H]1CCCN(C(=O)CCn2c(C)cc3ccccc32)C1. The van der Waals surface area contributed by atoms with Crippen LogP contribution in [0.3, 0.4) is 0 Å². The third kappa shape index (κ3) is 3.51. The second-order valence-electron chi connectivity index (χ2n) is 7.50. The number of nitrogens with zero attached hydrogens (tertiary/aromatic N) is 4. The average Bonchev–Trinajstić information content (AvgIpc) is 3.30. The first-order chi connectivity index (χ1) is 13.2. The van der Waals surface area contributed by atoms with Gasteiger partial charge in [-0.1, -0.05) is 18.2 Å². The highest BCUT2D eigenvalue weighted by atomic mass is 16.2. The van der Waals surface area contributed by atoms with Crippen molar-refractivity contribution in [2.75, 3.05) is 13.1 Å². The highest BCUT2D eigenvalue weighted by molar-refractivity contribution is 5.82. The highest BCUT2D eigenvalue weighted by Crippen LogP contribution is 2.26. The van der Waals surface area contributed by atoms with Crippen LogP contribution in [-0.2, 0) is 17.9 Å². The molecule has 1 amide bonds. The predicted molar refractivity (Wildman–Crippen MR) is 108 cm³/mol. The minimum Gasteiger partial charge on any atom is -0.344 e. The number of rotatable bonds is 5. The Morgan fingerprint density at radius 1 is 1.30 bits per heavy atom. The van der Waals surface area contributed by atoms with Crippen molar-refractivity contribution in [2.45, 2.75) is 52.1 Å². The molecule has 2 aromatic heterocycles. The number of hydrogen-bond acceptors (Lipinski definition) is 2. The largest absolute Gasteiger partial charge is 0.344 e. The fourth-order valence-corrected chi connectivity index (χ4v) is 4.37. The lowest BCUT2D eigenvalue weighted by Crippen LogP contribution is -2.40. The summed E-state index contributed by atoms with van der Waals surface area (Å²) in [6.07, 6.45) is 6.63. The standard InChI is InChI=1S/C22H28N4O/c1-3-24-14-11-23-22(24)19-8-6-12-25(16-19)21(27)10-13-26-17(2)15-18-7-4-5-9-20(18)26/h4-5,7,9,11,14-15,19H,3,6,8,10,12-13,16H2,1-2H3/t19-/m1/s1. The van der Waals surface area contributed by atoms with Gasteiger partial charge in [0.2, 0.25) is 5.91 Å². The van der Waals surface area contributed by atoms with Crippen molar-refractivity contribution in [3.63, 3.8) is 0 Å². The molecule has 3 aromatic rings. The molecule has 0 N–H and O–H groups in total. The van der Waals surface area contributed by atoms with Gasteiger partial charge < -0.3 is 14.0 Å². The van der Waals surface area contributed by atoms with E-state index in [0.717, 1.165) is 44.8 Å². The highest BCUT2D eigenvalue weighted by Gasteiger charge is 2.27. The van der Waals surface area contributed by atoms with E-state index in [-0.39, 0.29) is 5.91 Å². The molecule has 1 aliphatic rings. The maximum atomic E-state index is 12.9. The number of imidazole rings is 1. The molecule has 1 fully saturated rings. The molecule has 0 aliphatic carbocycles. The molecule has 0 radical (unpaired) electrons. The molecule has 1 atom stereocenters. The zero-order valence-electron chi connectivity index (χ0n) is 16.3. The van der Waals surface area contributed by atoms with Gasteiger partial charge in [-0.2, -0.15) is 0 Å². The summed E-state index contributed by atoms with van der Waals surface area (Å²) >= 11 is 0. The van der Waals surface area contributed by atoms with E-state index in [2.05, 4.69) is 58.3 Å². The van der Waals surface area contributed by atoms with Crippen LogP contribution >= 0.6 is 0 Å². The predicted octanol–water partition coefficient (Wildman–Crippen LogP) is 3.96. The lowest BCUT2D eigenvalue weighted by atomic mass is 9.97. The Kier molecular flexibility index (Phi) is 5.01. The molecule has 0 spiro atoms. The lowest BCUT2D eigenvalue weighted by Gasteiger charge is -2.33. The molecule has 0 saturated carbocycles. The van der Waals surface area contributed by atoms with Crippen molar-refractivity contribution in [3.05, 3.63) is 54.2 Å². The molecule has 142 valence electrons. The smallest absolute Gasteiger partial charge is 0.224 e. The van der Waals surface area contributed by atoms with Crippen molar-refractivity contribution < 1.29 is 4.79 Å². The van der Waals surface area contributed by atoms with Crippen LogP contribution in [0.25, 0.3) is 10.9 Å². The van der Waals surface area contributed by atoms with E-state index in [9.17, 15) is 4.79 Å². The number of aromatic nitrogens is 3. The topological polar surface area (TPSA) is 43.1 Å². The molecule has 0 bridgehead atoms. The number of hydrogen-bond donors (Lipinski definition) is 0. The van der Waals surface area contributed by atoms with Gasteiger partial charge in [0.1, 0.15) is 5.82 Å². The van der Waals surface area contributed by atoms with Gasteiger partial charge in [-0.3, -0.25) is 4.79 Å². The van der Waals surface area contributed by atoms with Crippen LogP contribution in [0.15, 0.2) is 42.7 Å². The van der Waals surface area contributed by atoms with Crippen LogP contribution in [-0.4, -0.2) is 38.0 Å². The summed E-state index contributed by atoms with van der Waals surface area (Å²) in [5, 5.41) is 1.24. The first-order valence-electron chi connectivity index (χ1n) is 10.0. The van der Waals surface area contributed by atoms with Crippen LogP contribution in [0.1, 0.15) is 43.6 Å². The fraction of sp³-hybridized carbons (Fsp3) is 0.455. The summed E-state index contributed by atoms with van der Waals surface area (Å²) in [7, 11) is 0. The molecule has 5 nitrogen and oxygen atoms in total. The summed E-state index contributed by atoms with van der Waals surface area (Å²) < 4.78 is 4.46. The Hall–Kier alpha value is -2.56. The van der Waals surface area contributed by atoms with Crippen LogP contribution in [0.5, 0.6) is 0 Å². The van der Waals surface area contributed by atoms with E-state index in [1.807, 2.05) is 17.3 Å². The zero-order chi connectivity index (χ0) is 18.8. The Labute approximate surface area is 160 Å². The van der Waals surface area contributed by atoms with Gasteiger partial charge in [-0.05, 0) is 44.2 Å². The van der Waals surface area contributed by atoms with Crippen LogP contribution < -0.4 is 0 Å². The zero-order valence-corrected chi connectivity index (χ0v) is 16.3. The molecule has 1 aromatic carbocycles. The third-order valence-electron chi connectivity index (χ3n) is 5.79. The summed E-state index contributed by atoms with van der Waals surface area (Å²) in [5.74, 6) is 1.74. The van der Waals surface area contributed by atoms with Gasteiger partial charge >= 0.3 is 0 Å². The quantitative estimate of drug-likeness (QED) is 0.688. The second kappa shape index (κ2) is 7.59. The number of carbonyl (C=O) groups is 1. The van der Waals surface area contributed by atoms with Crippen molar-refractivity contribution in [2.24, 2.45) is 0 Å². The van der Waals surface area contributed by atoms with Crippen molar-refractivity contribution >= 4 is 16.8 Å². The van der Waals surface area contributed by atoms with Gasteiger partial charge in [-0.25, -0.2) is 4.98 Å². The minimum absolute atomic E-state index is 0.256. The minimum atomic E-state index is 0.256. The first-order valence-corrected chi connectivity index (χ1v) is 10.0. The third-order valence-corrected chi connectivity index (χ3v) is 5.79. The molecular formula is C22H28N4O. The van der Waals surface area contributed by atoms with E-state index in [0.29, 0.717) is 12.3 Å². The monoisotopic (exact) mass is 364 g/mol. The lowest BCUT2D eigenvalue weighted by molar-refractivity contribution is -0.132. The van der Waals surface area contributed by atoms with Gasteiger partial charge in [0, 0.05) is 62.1 Å². The number of likely N-dealkylation sites (tertiary alicyclic amines) is 1. The van der Waals surface area contributed by atoms with Crippen LogP contribution in [0.4, 0.5) is 0 Å². The number of benzene rings is 1. The molecule has 0 unspecified atom stereocenters. The van der Waals surface area contributed by atoms with Gasteiger partial charge in [0.15, 0.2) is 0 Å². The number of aryl methyl sites for hydroxylation is 3.